The number of methoxy groups -OCH3 is 1. The zero-order valence-corrected chi connectivity index (χ0v) is 12.8. The van der Waals surface area contributed by atoms with E-state index in [2.05, 4.69) is 17.1 Å². The molecule has 5 heteroatoms. The third-order valence-electron chi connectivity index (χ3n) is 3.72. The molecule has 1 atom stereocenters. The van der Waals surface area contributed by atoms with E-state index < -0.39 is 0 Å². The number of likely N-dealkylation sites (tertiary alicyclic amines) is 1. The van der Waals surface area contributed by atoms with E-state index in [-0.39, 0.29) is 5.91 Å². The first-order valence-electron chi connectivity index (χ1n) is 7.20. The van der Waals surface area contributed by atoms with E-state index in [1.165, 1.54) is 0 Å². The van der Waals surface area contributed by atoms with Gasteiger partial charge in [0, 0.05) is 53.0 Å². The van der Waals surface area contributed by atoms with Crippen molar-refractivity contribution in [3.8, 4) is 0 Å². The molecule has 0 aromatic heterocycles. The smallest absolute Gasteiger partial charge is 0.236 e. The van der Waals surface area contributed by atoms with Crippen molar-refractivity contribution in [2.75, 3.05) is 47.4 Å². The van der Waals surface area contributed by atoms with Gasteiger partial charge in [-0.15, -0.1) is 0 Å². The second kappa shape index (κ2) is 8.51. The molecule has 1 fully saturated rings. The van der Waals surface area contributed by atoms with Gasteiger partial charge in [-0.25, -0.2) is 0 Å². The fourth-order valence-electron chi connectivity index (χ4n) is 2.37. The number of carbonyl (C=O) groups is 1. The van der Waals surface area contributed by atoms with Crippen LogP contribution in [0.4, 0.5) is 0 Å². The molecule has 0 saturated carbocycles. The summed E-state index contributed by atoms with van der Waals surface area (Å²) in [5.74, 6) is 0.194. The second-order valence-electron chi connectivity index (χ2n) is 5.69. The summed E-state index contributed by atoms with van der Waals surface area (Å²) in [4.78, 5) is 15.6. The molecule has 0 aromatic carbocycles. The Morgan fingerprint density at radius 2 is 2.05 bits per heavy atom. The standard InChI is InChI=1S/C14H29N3O2/c1-12(7-10-19-4)15-13-5-8-17(9-6-13)11-14(18)16(2)3/h12-13,15H,5-11H2,1-4H3. The van der Waals surface area contributed by atoms with Crippen LogP contribution in [0.2, 0.25) is 0 Å². The first-order chi connectivity index (χ1) is 9.02. The summed E-state index contributed by atoms with van der Waals surface area (Å²) in [5.41, 5.74) is 0. The third kappa shape index (κ3) is 6.36. The van der Waals surface area contributed by atoms with Crippen LogP contribution in [0.5, 0.6) is 0 Å². The van der Waals surface area contributed by atoms with Gasteiger partial charge < -0.3 is 15.0 Å². The van der Waals surface area contributed by atoms with Gasteiger partial charge >= 0.3 is 0 Å². The predicted molar refractivity (Wildman–Crippen MR) is 77.2 cm³/mol. The minimum atomic E-state index is 0.194. The molecule has 0 spiro atoms. The highest BCUT2D eigenvalue weighted by Crippen LogP contribution is 2.11. The highest BCUT2D eigenvalue weighted by molar-refractivity contribution is 5.77. The molecule has 1 unspecified atom stereocenters. The Labute approximate surface area is 117 Å². The molecule has 1 amide bonds. The Bertz CT molecular complexity index is 263. The van der Waals surface area contributed by atoms with Crippen molar-refractivity contribution in [1.29, 1.82) is 0 Å². The minimum absolute atomic E-state index is 0.194. The molecule has 5 nitrogen and oxygen atoms in total. The number of piperidine rings is 1. The lowest BCUT2D eigenvalue weighted by molar-refractivity contribution is -0.130. The van der Waals surface area contributed by atoms with Crippen molar-refractivity contribution in [3.63, 3.8) is 0 Å². The SMILES string of the molecule is COCCC(C)NC1CCN(CC(=O)N(C)C)CC1. The van der Waals surface area contributed by atoms with Crippen LogP contribution in [0, 0.1) is 0 Å². The summed E-state index contributed by atoms with van der Waals surface area (Å²) >= 11 is 0. The van der Waals surface area contributed by atoms with Gasteiger partial charge in [-0.2, -0.15) is 0 Å². The zero-order chi connectivity index (χ0) is 14.3. The average Bonchev–Trinajstić information content (AvgIpc) is 2.38. The Balaban J connectivity index is 2.19. The number of amides is 1. The van der Waals surface area contributed by atoms with Crippen LogP contribution in [0.1, 0.15) is 26.2 Å². The van der Waals surface area contributed by atoms with E-state index in [1.54, 1.807) is 12.0 Å². The Morgan fingerprint density at radius 3 is 2.58 bits per heavy atom. The summed E-state index contributed by atoms with van der Waals surface area (Å²) in [6, 6.07) is 1.08. The Kier molecular flexibility index (Phi) is 7.34. The molecular weight excluding hydrogens is 242 g/mol. The Hall–Kier alpha value is -0.650. The first-order valence-corrected chi connectivity index (χ1v) is 7.20. The number of carbonyl (C=O) groups excluding carboxylic acids is 1. The first kappa shape index (κ1) is 16.4. The molecule has 1 heterocycles. The van der Waals surface area contributed by atoms with Crippen molar-refractivity contribution in [2.45, 2.75) is 38.3 Å². The van der Waals surface area contributed by atoms with Crippen LogP contribution >= 0.6 is 0 Å². The van der Waals surface area contributed by atoms with E-state index in [9.17, 15) is 4.79 Å². The van der Waals surface area contributed by atoms with Crippen LogP contribution < -0.4 is 5.32 Å². The van der Waals surface area contributed by atoms with Crippen molar-refractivity contribution in [1.82, 2.24) is 15.1 Å². The van der Waals surface area contributed by atoms with Gasteiger partial charge in [-0.3, -0.25) is 9.69 Å². The topological polar surface area (TPSA) is 44.8 Å². The maximum absolute atomic E-state index is 11.6. The number of likely N-dealkylation sites (N-methyl/N-ethyl adjacent to an activating group) is 1. The largest absolute Gasteiger partial charge is 0.385 e. The van der Waals surface area contributed by atoms with Crippen LogP contribution in [0.15, 0.2) is 0 Å². The fourth-order valence-corrected chi connectivity index (χ4v) is 2.37. The highest BCUT2D eigenvalue weighted by atomic mass is 16.5. The number of nitrogens with one attached hydrogen (secondary N) is 1. The fraction of sp³-hybridized carbons (Fsp3) is 0.929. The summed E-state index contributed by atoms with van der Waals surface area (Å²) in [7, 11) is 5.37. The predicted octanol–water partition coefficient (Wildman–Crippen LogP) is 0.554. The monoisotopic (exact) mass is 271 g/mol. The number of ether oxygens (including phenoxy) is 1. The minimum Gasteiger partial charge on any atom is -0.385 e. The summed E-state index contributed by atoms with van der Waals surface area (Å²) in [5, 5.41) is 3.65. The zero-order valence-electron chi connectivity index (χ0n) is 12.8. The lowest BCUT2D eigenvalue weighted by Gasteiger charge is -2.34. The molecule has 1 N–H and O–H groups in total. The number of rotatable bonds is 7. The van der Waals surface area contributed by atoms with Crippen LogP contribution in [0.3, 0.4) is 0 Å². The van der Waals surface area contributed by atoms with Gasteiger partial charge in [0.1, 0.15) is 0 Å². The molecule has 0 aliphatic carbocycles. The quantitative estimate of drug-likeness (QED) is 0.735. The van der Waals surface area contributed by atoms with Gasteiger partial charge in [-0.1, -0.05) is 0 Å². The van der Waals surface area contributed by atoms with Crippen molar-refractivity contribution in [3.05, 3.63) is 0 Å². The van der Waals surface area contributed by atoms with Gasteiger partial charge in [0.15, 0.2) is 0 Å². The van der Waals surface area contributed by atoms with E-state index in [1.807, 2.05) is 14.1 Å². The molecular formula is C14H29N3O2. The molecule has 19 heavy (non-hydrogen) atoms. The summed E-state index contributed by atoms with van der Waals surface area (Å²) in [6.07, 6.45) is 3.30. The maximum atomic E-state index is 11.6. The van der Waals surface area contributed by atoms with E-state index in [0.717, 1.165) is 39.0 Å². The third-order valence-corrected chi connectivity index (χ3v) is 3.72. The molecule has 1 saturated heterocycles. The normalized spacial score (nSPS) is 19.4. The van der Waals surface area contributed by atoms with Crippen molar-refractivity contribution in [2.24, 2.45) is 0 Å². The van der Waals surface area contributed by atoms with Crippen LogP contribution in [-0.2, 0) is 9.53 Å². The number of nitrogens with zero attached hydrogens (tertiary/aromatic N) is 2. The molecule has 1 aliphatic rings. The van der Waals surface area contributed by atoms with Gasteiger partial charge in [0.05, 0.1) is 6.54 Å². The molecule has 0 radical (unpaired) electrons. The lowest BCUT2D eigenvalue weighted by Crippen LogP contribution is -2.47. The molecule has 0 aromatic rings. The average molecular weight is 271 g/mol. The number of hydrogen-bond donors (Lipinski definition) is 1. The maximum Gasteiger partial charge on any atom is 0.236 e. The molecule has 0 bridgehead atoms. The molecule has 1 aliphatic heterocycles. The second-order valence-corrected chi connectivity index (χ2v) is 5.69. The number of hydrogen-bond acceptors (Lipinski definition) is 4. The van der Waals surface area contributed by atoms with Crippen molar-refractivity contribution >= 4 is 5.91 Å². The Morgan fingerprint density at radius 1 is 1.42 bits per heavy atom. The van der Waals surface area contributed by atoms with Crippen molar-refractivity contribution < 1.29 is 9.53 Å². The van der Waals surface area contributed by atoms with E-state index in [4.69, 9.17) is 4.74 Å². The van der Waals surface area contributed by atoms with Crippen LogP contribution in [-0.4, -0.2) is 75.2 Å². The van der Waals surface area contributed by atoms with Gasteiger partial charge in [0.2, 0.25) is 5.91 Å². The molecule has 1 rings (SSSR count). The summed E-state index contributed by atoms with van der Waals surface area (Å²) in [6.45, 7) is 5.59. The lowest BCUT2D eigenvalue weighted by atomic mass is 10.0. The summed E-state index contributed by atoms with van der Waals surface area (Å²) < 4.78 is 5.09. The highest BCUT2D eigenvalue weighted by Gasteiger charge is 2.22. The van der Waals surface area contributed by atoms with Gasteiger partial charge in [-0.05, 0) is 26.2 Å². The molecule has 112 valence electrons. The van der Waals surface area contributed by atoms with E-state index >= 15 is 0 Å². The van der Waals surface area contributed by atoms with E-state index in [0.29, 0.717) is 18.6 Å². The van der Waals surface area contributed by atoms with Gasteiger partial charge in [0.25, 0.3) is 0 Å². The van der Waals surface area contributed by atoms with Crippen LogP contribution in [0.25, 0.3) is 0 Å².